The van der Waals surface area contributed by atoms with Crippen LogP contribution in [0.2, 0.25) is 0 Å². The van der Waals surface area contributed by atoms with Gasteiger partial charge in [-0.1, -0.05) is 32.4 Å². The maximum absolute atomic E-state index is 14.6. The number of hydrogen-bond donors (Lipinski definition) is 3. The molecule has 0 aromatic heterocycles. The number of benzene rings is 2. The van der Waals surface area contributed by atoms with E-state index in [0.717, 1.165) is 43.2 Å². The van der Waals surface area contributed by atoms with Gasteiger partial charge in [0.25, 0.3) is 0 Å². The molecule has 0 aliphatic carbocycles. The number of carbonyl (C=O) groups excluding carboxylic acids is 2. The molecular formula is C27H38FN5O4S. The van der Waals surface area contributed by atoms with Crippen molar-refractivity contribution in [2.45, 2.75) is 45.1 Å². The normalized spacial score (nSPS) is 14.7. The fourth-order valence-corrected chi connectivity index (χ4v) is 5.32. The molecule has 2 aromatic carbocycles. The summed E-state index contributed by atoms with van der Waals surface area (Å²) >= 11 is 0. The lowest BCUT2D eigenvalue weighted by Crippen LogP contribution is -2.48. The van der Waals surface area contributed by atoms with E-state index < -0.39 is 15.8 Å². The molecule has 11 heteroatoms. The van der Waals surface area contributed by atoms with E-state index in [-0.39, 0.29) is 34.9 Å². The summed E-state index contributed by atoms with van der Waals surface area (Å²) in [6, 6.07) is 11.3. The summed E-state index contributed by atoms with van der Waals surface area (Å²) in [5, 5.41) is 5.69. The highest BCUT2D eigenvalue weighted by Gasteiger charge is 2.19. The minimum absolute atomic E-state index is 0.0382. The van der Waals surface area contributed by atoms with E-state index in [1.807, 2.05) is 43.0 Å². The molecule has 1 saturated heterocycles. The largest absolute Gasteiger partial charge is 0.381 e. The van der Waals surface area contributed by atoms with Crippen LogP contribution in [0.3, 0.4) is 0 Å². The predicted octanol–water partition coefficient (Wildman–Crippen LogP) is 2.94. The fraction of sp³-hybridized carbons (Fsp3) is 0.481. The Hall–Kier alpha value is -3.18. The molecule has 208 valence electrons. The Bertz CT molecular complexity index is 1200. The summed E-state index contributed by atoms with van der Waals surface area (Å²) in [6.07, 6.45) is 1.74. The van der Waals surface area contributed by atoms with Crippen molar-refractivity contribution < 1.29 is 22.4 Å². The first kappa shape index (κ1) is 29.4. The van der Waals surface area contributed by atoms with E-state index in [0.29, 0.717) is 26.2 Å². The molecule has 1 aliphatic heterocycles. The van der Waals surface area contributed by atoms with Gasteiger partial charge in [-0.15, -0.1) is 0 Å². The molecule has 3 rings (SSSR count). The number of hydrogen-bond acceptors (Lipinski definition) is 6. The van der Waals surface area contributed by atoms with Gasteiger partial charge in [0.05, 0.1) is 10.6 Å². The highest BCUT2D eigenvalue weighted by Crippen LogP contribution is 2.20. The highest BCUT2D eigenvalue weighted by atomic mass is 32.2. The number of piperazine rings is 1. The summed E-state index contributed by atoms with van der Waals surface area (Å²) in [5.41, 5.74) is 1.95. The Balaban J connectivity index is 1.49. The van der Waals surface area contributed by atoms with Crippen molar-refractivity contribution in [3.8, 4) is 0 Å². The van der Waals surface area contributed by atoms with Crippen molar-refractivity contribution in [2.24, 2.45) is 5.92 Å². The number of nitrogens with one attached hydrogen (secondary N) is 3. The van der Waals surface area contributed by atoms with Crippen molar-refractivity contribution in [3.05, 3.63) is 53.8 Å². The van der Waals surface area contributed by atoms with Crippen molar-refractivity contribution in [3.63, 3.8) is 0 Å². The van der Waals surface area contributed by atoms with E-state index in [4.69, 9.17) is 0 Å². The van der Waals surface area contributed by atoms with Crippen LogP contribution in [0.25, 0.3) is 0 Å². The lowest BCUT2D eigenvalue weighted by Gasteiger charge is -2.35. The van der Waals surface area contributed by atoms with Gasteiger partial charge in [-0.05, 0) is 42.3 Å². The monoisotopic (exact) mass is 547 g/mol. The van der Waals surface area contributed by atoms with Gasteiger partial charge >= 0.3 is 0 Å². The van der Waals surface area contributed by atoms with Crippen molar-refractivity contribution in [1.29, 1.82) is 0 Å². The summed E-state index contributed by atoms with van der Waals surface area (Å²) in [6.45, 7) is 9.03. The lowest BCUT2D eigenvalue weighted by molar-refractivity contribution is -0.129. The molecule has 0 saturated carbocycles. The highest BCUT2D eigenvalue weighted by molar-refractivity contribution is 7.89. The number of carbonyl (C=O) groups is 2. The second-order valence-electron chi connectivity index (χ2n) is 9.53. The summed E-state index contributed by atoms with van der Waals surface area (Å²) < 4.78 is 42.6. The molecule has 1 aliphatic rings. The molecule has 0 bridgehead atoms. The minimum Gasteiger partial charge on any atom is -0.381 e. The maximum atomic E-state index is 14.6. The third-order valence-electron chi connectivity index (χ3n) is 6.65. The molecule has 1 unspecified atom stereocenters. The van der Waals surface area contributed by atoms with Crippen LogP contribution in [0.4, 0.5) is 15.8 Å². The van der Waals surface area contributed by atoms with E-state index in [1.165, 1.54) is 12.1 Å². The van der Waals surface area contributed by atoms with Gasteiger partial charge in [0, 0.05) is 64.3 Å². The Kier molecular flexibility index (Phi) is 10.5. The molecular weight excluding hydrogens is 509 g/mol. The van der Waals surface area contributed by atoms with Gasteiger partial charge in [0.1, 0.15) is 5.82 Å². The van der Waals surface area contributed by atoms with Crippen LogP contribution in [-0.2, 0) is 26.2 Å². The number of nitrogens with zero attached hydrogens (tertiary/aromatic N) is 2. The second-order valence-corrected chi connectivity index (χ2v) is 11.3. The summed E-state index contributed by atoms with van der Waals surface area (Å²) in [5.74, 6) is -0.714. The maximum Gasteiger partial charge on any atom is 0.240 e. The third kappa shape index (κ3) is 8.16. The smallest absolute Gasteiger partial charge is 0.240 e. The molecule has 1 fully saturated rings. The quantitative estimate of drug-likeness (QED) is 0.353. The Morgan fingerprint density at radius 2 is 1.71 bits per heavy atom. The molecule has 2 aromatic rings. The van der Waals surface area contributed by atoms with E-state index in [1.54, 1.807) is 6.92 Å². The Labute approximate surface area is 224 Å². The van der Waals surface area contributed by atoms with Crippen LogP contribution < -0.4 is 20.3 Å². The Morgan fingerprint density at radius 3 is 2.32 bits per heavy atom. The zero-order valence-electron chi connectivity index (χ0n) is 22.3. The van der Waals surface area contributed by atoms with Crippen LogP contribution in [-0.4, -0.2) is 64.4 Å². The van der Waals surface area contributed by atoms with Crippen molar-refractivity contribution in [2.75, 3.05) is 49.5 Å². The van der Waals surface area contributed by atoms with Gasteiger partial charge < -0.3 is 20.4 Å². The van der Waals surface area contributed by atoms with Gasteiger partial charge in [0.15, 0.2) is 0 Å². The van der Waals surface area contributed by atoms with Gasteiger partial charge in [-0.3, -0.25) is 9.59 Å². The number of anilines is 2. The van der Waals surface area contributed by atoms with Crippen LogP contribution in [0.15, 0.2) is 47.4 Å². The van der Waals surface area contributed by atoms with Crippen LogP contribution in [0.5, 0.6) is 0 Å². The fourth-order valence-electron chi connectivity index (χ4n) is 4.29. The number of halogens is 1. The zero-order chi connectivity index (χ0) is 27.7. The van der Waals surface area contributed by atoms with Crippen LogP contribution in [0, 0.1) is 11.7 Å². The molecule has 0 spiro atoms. The summed E-state index contributed by atoms with van der Waals surface area (Å²) in [7, 11) is -3.92. The van der Waals surface area contributed by atoms with Crippen molar-refractivity contribution >= 4 is 33.2 Å². The first-order valence-corrected chi connectivity index (χ1v) is 14.5. The molecule has 3 N–H and O–H groups in total. The molecule has 1 heterocycles. The standard InChI is InChI=1S/C27H38FN5O4S/c1-4-5-20(2)27(35)30-13-12-29-26-11-10-24(18-25(26)28)38(36,37)31-19-22-6-8-23(9-7-22)33-16-14-32(15-17-33)21(3)34/h6-11,18,20,29,31H,4-5,12-17,19H2,1-3H3,(H,30,35). The van der Waals surface area contributed by atoms with E-state index in [2.05, 4.69) is 20.3 Å². The first-order chi connectivity index (χ1) is 18.1. The molecule has 38 heavy (non-hydrogen) atoms. The molecule has 2 amide bonds. The number of sulfonamides is 1. The van der Waals surface area contributed by atoms with Crippen LogP contribution >= 0.6 is 0 Å². The summed E-state index contributed by atoms with van der Waals surface area (Å²) in [4.78, 5) is 27.3. The number of amides is 2. The Morgan fingerprint density at radius 1 is 1.03 bits per heavy atom. The number of rotatable bonds is 12. The van der Waals surface area contributed by atoms with Crippen LogP contribution in [0.1, 0.15) is 39.2 Å². The zero-order valence-corrected chi connectivity index (χ0v) is 23.1. The van der Waals surface area contributed by atoms with Gasteiger partial charge in [0.2, 0.25) is 21.8 Å². The second kappa shape index (κ2) is 13.6. The molecule has 9 nitrogen and oxygen atoms in total. The van der Waals surface area contributed by atoms with Gasteiger partial charge in [-0.2, -0.15) is 0 Å². The topological polar surface area (TPSA) is 111 Å². The molecule has 0 radical (unpaired) electrons. The minimum atomic E-state index is -3.92. The van der Waals surface area contributed by atoms with Gasteiger partial charge in [-0.25, -0.2) is 17.5 Å². The molecule has 1 atom stereocenters. The van der Waals surface area contributed by atoms with E-state index >= 15 is 0 Å². The predicted molar refractivity (Wildman–Crippen MR) is 147 cm³/mol. The van der Waals surface area contributed by atoms with E-state index in [9.17, 15) is 22.4 Å². The average Bonchev–Trinajstić information content (AvgIpc) is 2.91. The van der Waals surface area contributed by atoms with Crippen molar-refractivity contribution in [1.82, 2.24) is 14.9 Å². The average molecular weight is 548 g/mol. The SMILES string of the molecule is CCCC(C)C(=O)NCCNc1ccc(S(=O)(=O)NCc2ccc(N3CCN(C(C)=O)CC3)cc2)cc1F. The lowest BCUT2D eigenvalue weighted by atomic mass is 10.1. The third-order valence-corrected chi connectivity index (χ3v) is 8.05. The first-order valence-electron chi connectivity index (χ1n) is 13.0.